The zero-order chi connectivity index (χ0) is 25.2. The van der Waals surface area contributed by atoms with E-state index in [1.165, 1.54) is 29.9 Å². The molecule has 1 aliphatic heterocycles. The van der Waals surface area contributed by atoms with Crippen LogP contribution in [0, 0.1) is 6.92 Å². The number of aromatic nitrogens is 2. The minimum Gasteiger partial charge on any atom is -0.466 e. The average Bonchev–Trinajstić information content (AvgIpc) is 3.05. The maximum Gasteiger partial charge on any atom is 0.333 e. The maximum absolute atomic E-state index is 13.8. The third-order valence-electron chi connectivity index (χ3n) is 5.55. The molecule has 0 saturated carbocycles. The number of hydrogen-bond donors (Lipinski definition) is 0. The zero-order valence-corrected chi connectivity index (χ0v) is 20.4. The summed E-state index contributed by atoms with van der Waals surface area (Å²) in [4.78, 5) is 30.8. The van der Waals surface area contributed by atoms with Gasteiger partial charge in [-0.2, -0.15) is 4.98 Å². The molecule has 0 aliphatic carbocycles. The van der Waals surface area contributed by atoms with Gasteiger partial charge in [-0.05, 0) is 50.6 Å². The molecule has 0 spiro atoms. The van der Waals surface area contributed by atoms with Crippen molar-refractivity contribution in [2.45, 2.75) is 25.2 Å². The molecule has 9 nitrogen and oxygen atoms in total. The van der Waals surface area contributed by atoms with Crippen molar-refractivity contribution in [1.29, 1.82) is 0 Å². The number of carbonyl (C=O) groups excluding carboxylic acids is 1. The summed E-state index contributed by atoms with van der Waals surface area (Å²) in [6, 6.07) is 15.1. The number of hydrogen-bond acceptors (Lipinski definition) is 7. The Bertz CT molecular complexity index is 1450. The lowest BCUT2D eigenvalue weighted by molar-refractivity contribution is -0.136. The van der Waals surface area contributed by atoms with Gasteiger partial charge in [0, 0.05) is 12.1 Å². The van der Waals surface area contributed by atoms with E-state index >= 15 is 0 Å². The number of methoxy groups -OCH3 is 1. The Morgan fingerprint density at radius 2 is 1.77 bits per heavy atom. The highest BCUT2D eigenvalue weighted by Crippen LogP contribution is 2.32. The fourth-order valence-corrected chi connectivity index (χ4v) is 5.22. The van der Waals surface area contributed by atoms with Crippen LogP contribution in [0.5, 0.6) is 6.01 Å². The molecule has 2 aromatic carbocycles. The number of anilines is 1. The fraction of sp³-hybridized carbons (Fsp3) is 0.240. The van der Waals surface area contributed by atoms with Crippen molar-refractivity contribution in [3.8, 4) is 11.7 Å². The molecule has 10 heteroatoms. The Labute approximate surface area is 203 Å². The average molecular weight is 496 g/mol. The number of para-hydroxylation sites is 1. The Balaban J connectivity index is 2.01. The number of sulfonamides is 1. The summed E-state index contributed by atoms with van der Waals surface area (Å²) in [5.74, 6) is -0.754. The predicted molar refractivity (Wildman–Crippen MR) is 131 cm³/mol. The Morgan fingerprint density at radius 3 is 2.40 bits per heavy atom. The van der Waals surface area contributed by atoms with Gasteiger partial charge in [0.2, 0.25) is 0 Å². The van der Waals surface area contributed by atoms with Crippen LogP contribution < -0.4 is 14.6 Å². The number of benzene rings is 2. The van der Waals surface area contributed by atoms with Gasteiger partial charge in [-0.1, -0.05) is 35.9 Å². The second kappa shape index (κ2) is 9.75. The summed E-state index contributed by atoms with van der Waals surface area (Å²) >= 11 is 0. The van der Waals surface area contributed by atoms with Gasteiger partial charge in [0.05, 0.1) is 29.9 Å². The van der Waals surface area contributed by atoms with Crippen LogP contribution in [0.25, 0.3) is 11.8 Å². The van der Waals surface area contributed by atoms with Crippen LogP contribution in [-0.2, 0) is 19.6 Å². The molecule has 0 saturated heterocycles. The maximum atomic E-state index is 13.8. The van der Waals surface area contributed by atoms with E-state index in [1.807, 2.05) is 6.92 Å². The van der Waals surface area contributed by atoms with E-state index in [4.69, 9.17) is 9.47 Å². The lowest BCUT2D eigenvalue weighted by Gasteiger charge is -2.24. The van der Waals surface area contributed by atoms with Crippen LogP contribution in [0.1, 0.15) is 24.5 Å². The summed E-state index contributed by atoms with van der Waals surface area (Å²) in [6.07, 6.45) is 1.39. The standard InChI is InChI=1S/C25H25N3O6S/c1-4-34-25-26-22-21(23(29)28(25)19-8-6-5-7-9-19)16-18(24(30)33-3)14-15-27(22)35(31,32)20-12-10-17(2)11-13-20/h5-13,16H,4,14-15H2,1-3H3. The Hall–Kier alpha value is -3.92. The van der Waals surface area contributed by atoms with E-state index in [0.29, 0.717) is 5.69 Å². The van der Waals surface area contributed by atoms with Crippen molar-refractivity contribution in [3.05, 3.63) is 81.7 Å². The third-order valence-corrected chi connectivity index (χ3v) is 7.35. The van der Waals surface area contributed by atoms with Gasteiger partial charge in [-0.3, -0.25) is 4.79 Å². The largest absolute Gasteiger partial charge is 0.466 e. The molecule has 0 unspecified atom stereocenters. The molecule has 0 atom stereocenters. The zero-order valence-electron chi connectivity index (χ0n) is 19.6. The molecule has 0 bridgehead atoms. The summed E-state index contributed by atoms with van der Waals surface area (Å²) < 4.78 is 40.2. The minimum absolute atomic E-state index is 0.0306. The smallest absolute Gasteiger partial charge is 0.333 e. The number of rotatable bonds is 6. The first-order valence-electron chi connectivity index (χ1n) is 11.0. The molecule has 35 heavy (non-hydrogen) atoms. The summed E-state index contributed by atoms with van der Waals surface area (Å²) in [7, 11) is -2.89. The second-order valence-electron chi connectivity index (χ2n) is 7.84. The van der Waals surface area contributed by atoms with E-state index in [9.17, 15) is 18.0 Å². The van der Waals surface area contributed by atoms with Gasteiger partial charge in [0.1, 0.15) is 0 Å². The van der Waals surface area contributed by atoms with Crippen LogP contribution in [-0.4, -0.2) is 44.2 Å². The van der Waals surface area contributed by atoms with Crippen molar-refractivity contribution in [3.63, 3.8) is 0 Å². The first-order valence-corrected chi connectivity index (χ1v) is 12.5. The van der Waals surface area contributed by atoms with E-state index in [-0.39, 0.29) is 47.4 Å². The molecule has 3 aromatic rings. The van der Waals surface area contributed by atoms with Crippen LogP contribution in [0.2, 0.25) is 0 Å². The number of esters is 1. The molecule has 4 rings (SSSR count). The molecule has 2 heterocycles. The monoisotopic (exact) mass is 495 g/mol. The Morgan fingerprint density at radius 1 is 1.09 bits per heavy atom. The molecule has 0 fully saturated rings. The lowest BCUT2D eigenvalue weighted by atomic mass is 10.1. The van der Waals surface area contributed by atoms with Gasteiger partial charge in [0.15, 0.2) is 5.82 Å². The molecule has 1 aliphatic rings. The number of aryl methyl sites for hydroxylation is 1. The number of ether oxygens (including phenoxy) is 2. The van der Waals surface area contributed by atoms with Gasteiger partial charge in [0.25, 0.3) is 15.6 Å². The van der Waals surface area contributed by atoms with Gasteiger partial charge in [-0.15, -0.1) is 0 Å². The summed E-state index contributed by atoms with van der Waals surface area (Å²) in [5.41, 5.74) is 0.930. The van der Waals surface area contributed by atoms with Crippen molar-refractivity contribution in [1.82, 2.24) is 9.55 Å². The minimum atomic E-state index is -4.12. The van der Waals surface area contributed by atoms with Crippen LogP contribution in [0.15, 0.2) is 69.9 Å². The number of nitrogens with zero attached hydrogens (tertiary/aromatic N) is 3. The highest BCUT2D eigenvalue weighted by molar-refractivity contribution is 7.92. The molecular formula is C25H25N3O6S. The van der Waals surface area contributed by atoms with E-state index in [2.05, 4.69) is 4.98 Å². The van der Waals surface area contributed by atoms with Crippen LogP contribution >= 0.6 is 0 Å². The SMILES string of the molecule is CCOc1nc2c(c(=O)n1-c1ccccc1)C=C(C(=O)OC)CCN2S(=O)(=O)c1ccc(C)cc1. The topological polar surface area (TPSA) is 108 Å². The van der Waals surface area contributed by atoms with E-state index in [1.54, 1.807) is 49.4 Å². The third kappa shape index (κ3) is 4.57. The van der Waals surface area contributed by atoms with Crippen molar-refractivity contribution >= 4 is 27.9 Å². The van der Waals surface area contributed by atoms with E-state index < -0.39 is 21.6 Å². The van der Waals surface area contributed by atoms with Crippen molar-refractivity contribution in [2.75, 3.05) is 24.6 Å². The first-order chi connectivity index (χ1) is 16.8. The van der Waals surface area contributed by atoms with Crippen molar-refractivity contribution in [2.24, 2.45) is 0 Å². The number of carbonyl (C=O) groups is 1. The quantitative estimate of drug-likeness (QED) is 0.484. The van der Waals surface area contributed by atoms with Gasteiger partial charge in [-0.25, -0.2) is 22.1 Å². The molecule has 0 amide bonds. The van der Waals surface area contributed by atoms with Crippen LogP contribution in [0.4, 0.5) is 5.82 Å². The second-order valence-corrected chi connectivity index (χ2v) is 9.70. The fourth-order valence-electron chi connectivity index (χ4n) is 3.79. The number of fused-ring (bicyclic) bond motifs is 1. The summed E-state index contributed by atoms with van der Waals surface area (Å²) in [6.45, 7) is 3.68. The van der Waals surface area contributed by atoms with Crippen LogP contribution in [0.3, 0.4) is 0 Å². The summed E-state index contributed by atoms with van der Waals surface area (Å²) in [5, 5.41) is 0. The molecule has 0 N–H and O–H groups in total. The molecule has 1 aromatic heterocycles. The predicted octanol–water partition coefficient (Wildman–Crippen LogP) is 3.10. The normalized spacial score (nSPS) is 13.5. The van der Waals surface area contributed by atoms with E-state index in [0.717, 1.165) is 9.87 Å². The lowest BCUT2D eigenvalue weighted by Crippen LogP contribution is -2.36. The molecular weight excluding hydrogens is 470 g/mol. The van der Waals surface area contributed by atoms with Gasteiger partial charge < -0.3 is 9.47 Å². The van der Waals surface area contributed by atoms with Gasteiger partial charge >= 0.3 is 12.0 Å². The molecule has 0 radical (unpaired) electrons. The first kappa shape index (κ1) is 24.2. The highest BCUT2D eigenvalue weighted by Gasteiger charge is 2.34. The Kier molecular flexibility index (Phi) is 6.74. The highest BCUT2D eigenvalue weighted by atomic mass is 32.2. The van der Waals surface area contributed by atoms with Crippen molar-refractivity contribution < 1.29 is 22.7 Å². The molecule has 182 valence electrons.